The van der Waals surface area contributed by atoms with Crippen molar-refractivity contribution in [1.82, 2.24) is 14.8 Å². The Morgan fingerprint density at radius 2 is 1.96 bits per heavy atom. The van der Waals surface area contributed by atoms with Gasteiger partial charge in [-0.25, -0.2) is 19.0 Å². The van der Waals surface area contributed by atoms with E-state index in [0.29, 0.717) is 23.0 Å². The average molecular weight is 395 g/mol. The number of benzene rings is 2. The van der Waals surface area contributed by atoms with Crippen LogP contribution in [0.5, 0.6) is 0 Å². The van der Waals surface area contributed by atoms with Gasteiger partial charge in [-0.3, -0.25) is 0 Å². The lowest BCUT2D eigenvalue weighted by Crippen LogP contribution is -2.08. The summed E-state index contributed by atoms with van der Waals surface area (Å²) >= 11 is 13.5. The highest BCUT2D eigenvalue weighted by atomic mass is 35.5. The van der Waals surface area contributed by atoms with Crippen molar-refractivity contribution < 1.29 is 4.39 Å². The number of hydrogen-bond donors (Lipinski definition) is 0. The summed E-state index contributed by atoms with van der Waals surface area (Å²) in [4.78, 5) is 8.51. The van der Waals surface area contributed by atoms with Crippen molar-refractivity contribution in [3.8, 4) is 0 Å². The molecule has 0 aliphatic rings. The summed E-state index contributed by atoms with van der Waals surface area (Å²) in [7, 11) is 0. The molecule has 3 rings (SSSR count). The Labute approximate surface area is 158 Å². The Bertz CT molecular complexity index is 867. The Morgan fingerprint density at radius 3 is 2.64 bits per heavy atom. The minimum absolute atomic E-state index is 0.267. The van der Waals surface area contributed by atoms with Gasteiger partial charge in [-0.15, -0.1) is 11.8 Å². The van der Waals surface area contributed by atoms with Gasteiger partial charge in [0.05, 0.1) is 22.3 Å². The minimum Gasteiger partial charge on any atom is -0.246 e. The molecule has 0 spiro atoms. The third-order valence-electron chi connectivity index (χ3n) is 3.24. The minimum atomic E-state index is -0.393. The van der Waals surface area contributed by atoms with Crippen LogP contribution in [0.1, 0.15) is 5.56 Å². The third-order valence-corrected chi connectivity index (χ3v) is 4.82. The zero-order valence-electron chi connectivity index (χ0n) is 12.9. The first-order valence-electron chi connectivity index (χ1n) is 7.32. The van der Waals surface area contributed by atoms with Crippen LogP contribution in [0.3, 0.4) is 0 Å². The summed E-state index contributed by atoms with van der Waals surface area (Å²) in [5.74, 6) is 0.319. The van der Waals surface area contributed by atoms with Crippen LogP contribution in [-0.4, -0.2) is 19.8 Å². The second-order valence-corrected chi connectivity index (χ2v) is 7.00. The third kappa shape index (κ3) is 5.29. The lowest BCUT2D eigenvalue weighted by molar-refractivity contribution is 0.628. The quantitative estimate of drug-likeness (QED) is 0.430. The molecule has 0 amide bonds. The summed E-state index contributed by atoms with van der Waals surface area (Å²) < 4.78 is 14.9. The van der Waals surface area contributed by atoms with Gasteiger partial charge < -0.3 is 0 Å². The number of halogens is 3. The van der Waals surface area contributed by atoms with Crippen molar-refractivity contribution in [2.24, 2.45) is 4.99 Å². The number of aromatic nitrogens is 3. The molecule has 0 unspecified atom stereocenters. The van der Waals surface area contributed by atoms with E-state index in [9.17, 15) is 4.39 Å². The van der Waals surface area contributed by atoms with E-state index in [4.69, 9.17) is 23.2 Å². The van der Waals surface area contributed by atoms with E-state index >= 15 is 0 Å². The van der Waals surface area contributed by atoms with Crippen molar-refractivity contribution in [2.75, 3.05) is 0 Å². The zero-order chi connectivity index (χ0) is 17.6. The van der Waals surface area contributed by atoms with E-state index in [1.807, 2.05) is 24.3 Å². The molecule has 8 heteroatoms. The molecule has 0 N–H and O–H groups in total. The number of hydrogen-bond acceptors (Lipinski definition) is 4. The van der Waals surface area contributed by atoms with Gasteiger partial charge in [-0.1, -0.05) is 35.3 Å². The average Bonchev–Trinajstić information content (AvgIpc) is 3.09. The number of nitrogens with zero attached hydrogens (tertiary/aromatic N) is 4. The smallest absolute Gasteiger partial charge is 0.137 e. The normalized spacial score (nSPS) is 11.7. The number of aliphatic imine (C=N–C) groups is 1. The van der Waals surface area contributed by atoms with Gasteiger partial charge in [0.15, 0.2) is 0 Å². The van der Waals surface area contributed by atoms with Gasteiger partial charge in [0.1, 0.15) is 18.5 Å². The van der Waals surface area contributed by atoms with Crippen molar-refractivity contribution in [3.05, 3.63) is 76.5 Å². The Morgan fingerprint density at radius 1 is 1.16 bits per heavy atom. The Kier molecular flexibility index (Phi) is 6.07. The van der Waals surface area contributed by atoms with Gasteiger partial charge >= 0.3 is 0 Å². The Balaban J connectivity index is 1.81. The molecule has 0 radical (unpaired) electrons. The van der Waals surface area contributed by atoms with E-state index in [0.717, 1.165) is 10.6 Å². The van der Waals surface area contributed by atoms with Gasteiger partial charge in [0.2, 0.25) is 0 Å². The van der Waals surface area contributed by atoms with Crippen LogP contribution in [0, 0.1) is 5.82 Å². The molecule has 0 bridgehead atoms. The van der Waals surface area contributed by atoms with E-state index in [1.165, 1.54) is 18.5 Å². The van der Waals surface area contributed by atoms with Crippen molar-refractivity contribution in [3.63, 3.8) is 0 Å². The predicted molar refractivity (Wildman–Crippen MR) is 101 cm³/mol. The van der Waals surface area contributed by atoms with Crippen LogP contribution in [0.15, 0.2) is 60.1 Å². The van der Waals surface area contributed by atoms with Gasteiger partial charge in [-0.05, 0) is 35.9 Å². The van der Waals surface area contributed by atoms with Crippen LogP contribution in [0.25, 0.3) is 0 Å². The second kappa shape index (κ2) is 8.47. The molecular weight excluding hydrogens is 382 g/mol. The maximum absolute atomic E-state index is 13.2. The molecule has 128 valence electrons. The summed E-state index contributed by atoms with van der Waals surface area (Å²) in [6.45, 7) is 0.450. The highest BCUT2D eigenvalue weighted by molar-refractivity contribution is 8.13. The fourth-order valence-electron chi connectivity index (χ4n) is 2.02. The van der Waals surface area contributed by atoms with E-state index in [-0.39, 0.29) is 5.02 Å². The molecule has 3 aromatic rings. The van der Waals surface area contributed by atoms with Crippen LogP contribution < -0.4 is 0 Å². The molecule has 0 fully saturated rings. The van der Waals surface area contributed by atoms with E-state index in [1.54, 1.807) is 28.8 Å². The number of rotatable bonds is 5. The molecule has 1 aromatic heterocycles. The maximum Gasteiger partial charge on any atom is 0.137 e. The highest BCUT2D eigenvalue weighted by Crippen LogP contribution is 2.28. The fraction of sp³-hybridized carbons (Fsp3) is 0.118. The molecule has 0 atom stereocenters. The standard InChI is InChI=1S/C17H13Cl2FN4S/c18-13-3-1-12(2-4-13)9-25-17(8-24-11-21-10-22-24)23-16-6-5-14(20)7-15(16)19/h1-7,10-11H,8-9H2/b23-17+. The topological polar surface area (TPSA) is 43.1 Å². The van der Waals surface area contributed by atoms with Gasteiger partial charge in [-0.2, -0.15) is 5.10 Å². The fourth-order valence-corrected chi connectivity index (χ4v) is 3.27. The molecule has 0 saturated heterocycles. The lowest BCUT2D eigenvalue weighted by Gasteiger charge is -2.08. The van der Waals surface area contributed by atoms with Crippen LogP contribution in [0.4, 0.5) is 10.1 Å². The first kappa shape index (κ1) is 17.9. The summed E-state index contributed by atoms with van der Waals surface area (Å²) in [6.07, 6.45) is 3.08. The Hall–Kier alpha value is -1.89. The highest BCUT2D eigenvalue weighted by Gasteiger charge is 2.07. The SMILES string of the molecule is Fc1ccc(/N=C(\Cn2cncn2)SCc2ccc(Cl)cc2)c(Cl)c1. The second-order valence-electron chi connectivity index (χ2n) is 5.11. The molecule has 0 aliphatic carbocycles. The number of thioether (sulfide) groups is 1. The largest absolute Gasteiger partial charge is 0.246 e. The maximum atomic E-state index is 13.2. The first-order chi connectivity index (χ1) is 12.1. The van der Waals surface area contributed by atoms with E-state index in [2.05, 4.69) is 15.1 Å². The van der Waals surface area contributed by atoms with Crippen LogP contribution >= 0.6 is 35.0 Å². The molecule has 0 aliphatic heterocycles. The molecule has 2 aromatic carbocycles. The molecular formula is C17H13Cl2FN4S. The lowest BCUT2D eigenvalue weighted by atomic mass is 10.2. The van der Waals surface area contributed by atoms with Gasteiger partial charge in [0.25, 0.3) is 0 Å². The van der Waals surface area contributed by atoms with Crippen molar-refractivity contribution in [2.45, 2.75) is 12.3 Å². The zero-order valence-corrected chi connectivity index (χ0v) is 15.3. The molecule has 4 nitrogen and oxygen atoms in total. The first-order valence-corrected chi connectivity index (χ1v) is 9.06. The molecule has 1 heterocycles. The van der Waals surface area contributed by atoms with Crippen molar-refractivity contribution >= 4 is 45.7 Å². The van der Waals surface area contributed by atoms with Crippen LogP contribution in [-0.2, 0) is 12.3 Å². The summed E-state index contributed by atoms with van der Waals surface area (Å²) in [5, 5.41) is 5.85. The molecule has 0 saturated carbocycles. The summed E-state index contributed by atoms with van der Waals surface area (Å²) in [6, 6.07) is 11.8. The van der Waals surface area contributed by atoms with Crippen molar-refractivity contribution in [1.29, 1.82) is 0 Å². The summed E-state index contributed by atoms with van der Waals surface area (Å²) in [5.41, 5.74) is 1.63. The van der Waals surface area contributed by atoms with Crippen LogP contribution in [0.2, 0.25) is 10.0 Å². The van der Waals surface area contributed by atoms with Gasteiger partial charge in [0, 0.05) is 10.8 Å². The van der Waals surface area contributed by atoms with E-state index < -0.39 is 5.82 Å². The monoisotopic (exact) mass is 394 g/mol. The molecule has 25 heavy (non-hydrogen) atoms. The predicted octanol–water partition coefficient (Wildman–Crippen LogP) is 5.39.